The third kappa shape index (κ3) is 2.88. The molecule has 3 aromatic rings. The number of hydrogen-bond acceptors (Lipinski definition) is 6. The molecule has 0 saturated heterocycles. The average molecular weight is 346 g/mol. The second kappa shape index (κ2) is 6.37. The molecule has 0 unspecified atom stereocenters. The SMILES string of the molecule is CCCc1nnc(-c2cc(OC)c3c(C)c(C)c(=S)oc3c2)s1. The molecule has 0 atom stereocenters. The van der Waals surface area contributed by atoms with E-state index in [9.17, 15) is 0 Å². The summed E-state index contributed by atoms with van der Waals surface area (Å²) in [5.41, 5.74) is 3.72. The molecule has 6 heteroatoms. The zero-order valence-electron chi connectivity index (χ0n) is 13.6. The molecule has 23 heavy (non-hydrogen) atoms. The molecule has 0 radical (unpaired) electrons. The highest BCUT2D eigenvalue weighted by molar-refractivity contribution is 7.71. The molecule has 0 bridgehead atoms. The molecule has 4 nitrogen and oxygen atoms in total. The van der Waals surface area contributed by atoms with Crippen LogP contribution in [0, 0.1) is 18.6 Å². The first-order valence-electron chi connectivity index (χ1n) is 7.50. The Balaban J connectivity index is 2.23. The molecule has 0 N–H and O–H groups in total. The lowest BCUT2D eigenvalue weighted by molar-refractivity contribution is 0.418. The zero-order valence-corrected chi connectivity index (χ0v) is 15.2. The smallest absolute Gasteiger partial charge is 0.193 e. The van der Waals surface area contributed by atoms with Gasteiger partial charge in [-0.05, 0) is 50.2 Å². The Kier molecular flexibility index (Phi) is 4.46. The first kappa shape index (κ1) is 16.1. The molecule has 2 heterocycles. The number of methoxy groups -OCH3 is 1. The van der Waals surface area contributed by atoms with Gasteiger partial charge in [0.2, 0.25) is 0 Å². The molecule has 0 amide bonds. The van der Waals surface area contributed by atoms with Crippen molar-refractivity contribution in [3.63, 3.8) is 0 Å². The number of rotatable bonds is 4. The normalized spacial score (nSPS) is 11.1. The van der Waals surface area contributed by atoms with E-state index < -0.39 is 0 Å². The lowest BCUT2D eigenvalue weighted by Crippen LogP contribution is -1.92. The van der Waals surface area contributed by atoms with Crippen molar-refractivity contribution in [3.8, 4) is 16.3 Å². The fourth-order valence-electron chi connectivity index (χ4n) is 2.53. The van der Waals surface area contributed by atoms with E-state index in [0.717, 1.165) is 56.3 Å². The third-order valence-electron chi connectivity index (χ3n) is 3.91. The first-order valence-corrected chi connectivity index (χ1v) is 8.72. The lowest BCUT2D eigenvalue weighted by Gasteiger charge is -2.11. The van der Waals surface area contributed by atoms with E-state index in [2.05, 4.69) is 17.1 Å². The number of fused-ring (bicyclic) bond motifs is 1. The van der Waals surface area contributed by atoms with Crippen molar-refractivity contribution in [2.45, 2.75) is 33.6 Å². The van der Waals surface area contributed by atoms with Gasteiger partial charge in [0.1, 0.15) is 21.3 Å². The quantitative estimate of drug-likeness (QED) is 0.603. The summed E-state index contributed by atoms with van der Waals surface area (Å²) in [5.74, 6) is 0.768. The standard InChI is InChI=1S/C17H18N2O2S2/c1-5-6-14-18-19-16(23-14)11-7-12(20-4)15-9(2)10(3)17(22)21-13(15)8-11/h7-8H,5-6H2,1-4H3. The van der Waals surface area contributed by atoms with Crippen molar-refractivity contribution in [1.82, 2.24) is 10.2 Å². The minimum absolute atomic E-state index is 0.512. The predicted octanol–water partition coefficient (Wildman–Crippen LogP) is 5.26. The molecular formula is C17H18N2O2S2. The molecule has 0 saturated carbocycles. The number of nitrogens with zero attached hydrogens (tertiary/aromatic N) is 2. The predicted molar refractivity (Wildman–Crippen MR) is 96.0 cm³/mol. The van der Waals surface area contributed by atoms with Crippen LogP contribution in [0.15, 0.2) is 16.5 Å². The van der Waals surface area contributed by atoms with Gasteiger partial charge in [0.25, 0.3) is 0 Å². The molecule has 3 rings (SSSR count). The summed E-state index contributed by atoms with van der Waals surface area (Å²) in [6.45, 7) is 6.14. The fraction of sp³-hybridized carbons (Fsp3) is 0.353. The fourth-order valence-corrected chi connectivity index (χ4v) is 3.70. The van der Waals surface area contributed by atoms with Crippen LogP contribution in [0.5, 0.6) is 5.75 Å². The van der Waals surface area contributed by atoms with E-state index in [0.29, 0.717) is 4.71 Å². The Morgan fingerprint density at radius 2 is 2.00 bits per heavy atom. The number of ether oxygens (including phenoxy) is 1. The minimum Gasteiger partial charge on any atom is -0.496 e. The van der Waals surface area contributed by atoms with E-state index in [1.807, 2.05) is 26.0 Å². The van der Waals surface area contributed by atoms with Crippen LogP contribution in [0.4, 0.5) is 0 Å². The second-order valence-electron chi connectivity index (χ2n) is 5.44. The Labute approximate surface area is 144 Å². The van der Waals surface area contributed by atoms with Crippen LogP contribution in [0.3, 0.4) is 0 Å². The van der Waals surface area contributed by atoms with Gasteiger partial charge in [0.15, 0.2) is 4.71 Å². The summed E-state index contributed by atoms with van der Waals surface area (Å²) in [7, 11) is 1.66. The van der Waals surface area contributed by atoms with Gasteiger partial charge in [0.05, 0.1) is 12.5 Å². The zero-order chi connectivity index (χ0) is 16.6. The average Bonchev–Trinajstić information content (AvgIpc) is 3.00. The van der Waals surface area contributed by atoms with Crippen LogP contribution in [0.1, 0.15) is 29.5 Å². The van der Waals surface area contributed by atoms with Crippen molar-refractivity contribution in [1.29, 1.82) is 0 Å². The third-order valence-corrected chi connectivity index (χ3v) is 5.33. The van der Waals surface area contributed by atoms with E-state index in [-0.39, 0.29) is 0 Å². The van der Waals surface area contributed by atoms with Crippen molar-refractivity contribution in [2.24, 2.45) is 0 Å². The van der Waals surface area contributed by atoms with Crippen molar-refractivity contribution in [3.05, 3.63) is 33.0 Å². The largest absolute Gasteiger partial charge is 0.496 e. The summed E-state index contributed by atoms with van der Waals surface area (Å²) in [6, 6.07) is 3.96. The summed E-state index contributed by atoms with van der Waals surface area (Å²) in [6.07, 6.45) is 2.00. The Bertz CT molecular complexity index is 928. The Hall–Kier alpha value is -1.79. The van der Waals surface area contributed by atoms with Crippen molar-refractivity contribution in [2.75, 3.05) is 7.11 Å². The van der Waals surface area contributed by atoms with E-state index >= 15 is 0 Å². The topological polar surface area (TPSA) is 48.2 Å². The molecule has 0 spiro atoms. The van der Waals surface area contributed by atoms with Crippen molar-refractivity contribution >= 4 is 34.5 Å². The first-order chi connectivity index (χ1) is 11.0. The maximum absolute atomic E-state index is 5.82. The van der Waals surface area contributed by atoms with E-state index in [4.69, 9.17) is 21.4 Å². The maximum Gasteiger partial charge on any atom is 0.193 e. The number of benzene rings is 1. The minimum atomic E-state index is 0.512. The molecule has 1 aromatic carbocycles. The highest BCUT2D eigenvalue weighted by Crippen LogP contribution is 2.36. The summed E-state index contributed by atoms with van der Waals surface area (Å²) in [4.78, 5) is 0. The van der Waals surface area contributed by atoms with Gasteiger partial charge in [-0.1, -0.05) is 18.3 Å². The lowest BCUT2D eigenvalue weighted by atomic mass is 10.0. The molecule has 0 aliphatic heterocycles. The van der Waals surface area contributed by atoms with Gasteiger partial charge in [0, 0.05) is 17.5 Å². The van der Waals surface area contributed by atoms with Crippen LogP contribution >= 0.6 is 23.6 Å². The molecule has 2 aromatic heterocycles. The number of aromatic nitrogens is 2. The van der Waals surface area contributed by atoms with Crippen LogP contribution in [-0.4, -0.2) is 17.3 Å². The van der Waals surface area contributed by atoms with Crippen molar-refractivity contribution < 1.29 is 9.15 Å². The monoisotopic (exact) mass is 346 g/mol. The maximum atomic E-state index is 5.82. The number of aryl methyl sites for hydroxylation is 2. The summed E-state index contributed by atoms with van der Waals surface area (Å²) >= 11 is 6.92. The van der Waals surface area contributed by atoms with Gasteiger partial charge < -0.3 is 9.15 Å². The molecule has 0 fully saturated rings. The van der Waals surface area contributed by atoms with Gasteiger partial charge in [-0.15, -0.1) is 10.2 Å². The molecule has 0 aliphatic carbocycles. The van der Waals surface area contributed by atoms with Crippen LogP contribution in [0.25, 0.3) is 21.5 Å². The number of hydrogen-bond donors (Lipinski definition) is 0. The van der Waals surface area contributed by atoms with Gasteiger partial charge in [-0.25, -0.2) is 0 Å². The van der Waals surface area contributed by atoms with Crippen LogP contribution < -0.4 is 4.74 Å². The second-order valence-corrected chi connectivity index (χ2v) is 6.87. The summed E-state index contributed by atoms with van der Waals surface area (Å²) < 4.78 is 11.9. The van der Waals surface area contributed by atoms with E-state index in [1.54, 1.807) is 18.4 Å². The summed E-state index contributed by atoms with van der Waals surface area (Å²) in [5, 5.41) is 11.4. The van der Waals surface area contributed by atoms with Crippen LogP contribution in [0.2, 0.25) is 0 Å². The highest BCUT2D eigenvalue weighted by atomic mass is 32.1. The Morgan fingerprint density at radius 3 is 2.70 bits per heavy atom. The van der Waals surface area contributed by atoms with Gasteiger partial charge >= 0.3 is 0 Å². The van der Waals surface area contributed by atoms with Gasteiger partial charge in [-0.3, -0.25) is 0 Å². The molecule has 0 aliphatic rings. The molecule has 120 valence electrons. The van der Waals surface area contributed by atoms with Crippen LogP contribution in [-0.2, 0) is 6.42 Å². The van der Waals surface area contributed by atoms with Gasteiger partial charge in [-0.2, -0.15) is 0 Å². The molecular weight excluding hydrogens is 328 g/mol. The highest BCUT2D eigenvalue weighted by Gasteiger charge is 2.15. The Morgan fingerprint density at radius 1 is 1.22 bits per heavy atom. The van der Waals surface area contributed by atoms with E-state index in [1.165, 1.54) is 0 Å².